The van der Waals surface area contributed by atoms with E-state index in [1.807, 2.05) is 6.92 Å². The van der Waals surface area contributed by atoms with Gasteiger partial charge in [-0.25, -0.2) is 0 Å². The van der Waals surface area contributed by atoms with Crippen molar-refractivity contribution in [2.75, 3.05) is 13.1 Å². The fourth-order valence-electron chi connectivity index (χ4n) is 1.25. The Kier molecular flexibility index (Phi) is 7.12. The first-order valence-electron chi connectivity index (χ1n) is 5.42. The molecule has 0 saturated carbocycles. The maximum absolute atomic E-state index is 11.8. The quantitative estimate of drug-likeness (QED) is 0.667. The number of hydrogen-bond donors (Lipinski definition) is 2. The summed E-state index contributed by atoms with van der Waals surface area (Å²) < 4.78 is 35.3. The van der Waals surface area contributed by atoms with Crippen molar-refractivity contribution in [2.24, 2.45) is 11.7 Å². The Bertz CT molecular complexity index is 203. The Morgan fingerprint density at radius 1 is 1.44 bits per heavy atom. The zero-order valence-corrected chi connectivity index (χ0v) is 9.44. The largest absolute Gasteiger partial charge is 0.389 e. The van der Waals surface area contributed by atoms with Gasteiger partial charge >= 0.3 is 6.18 Å². The molecule has 1 atom stereocenters. The summed E-state index contributed by atoms with van der Waals surface area (Å²) in [7, 11) is 0. The van der Waals surface area contributed by atoms with Crippen LogP contribution in [0.15, 0.2) is 0 Å². The van der Waals surface area contributed by atoms with Gasteiger partial charge in [0.15, 0.2) is 0 Å². The molecule has 0 spiro atoms. The number of nitrogens with two attached hydrogens (primary N) is 1. The van der Waals surface area contributed by atoms with Crippen LogP contribution in [0.4, 0.5) is 13.2 Å². The van der Waals surface area contributed by atoms with Crippen molar-refractivity contribution in [1.82, 2.24) is 5.32 Å². The van der Waals surface area contributed by atoms with Gasteiger partial charge in [0.25, 0.3) is 0 Å². The summed E-state index contributed by atoms with van der Waals surface area (Å²) in [5, 5.41) is 2.46. The van der Waals surface area contributed by atoms with Crippen molar-refractivity contribution < 1.29 is 18.0 Å². The lowest BCUT2D eigenvalue weighted by Crippen LogP contribution is -2.29. The van der Waals surface area contributed by atoms with E-state index in [2.05, 4.69) is 5.32 Å². The highest BCUT2D eigenvalue weighted by Crippen LogP contribution is 2.20. The highest BCUT2D eigenvalue weighted by atomic mass is 19.4. The lowest BCUT2D eigenvalue weighted by atomic mass is 10.0. The summed E-state index contributed by atoms with van der Waals surface area (Å²) in [6.07, 6.45) is -3.99. The fraction of sp³-hybridized carbons (Fsp3) is 0.900. The fourth-order valence-corrected chi connectivity index (χ4v) is 1.25. The molecule has 0 heterocycles. The number of rotatable bonds is 7. The minimum absolute atomic E-state index is 0.0688. The van der Waals surface area contributed by atoms with Gasteiger partial charge in [-0.05, 0) is 18.9 Å². The molecule has 0 aromatic heterocycles. The van der Waals surface area contributed by atoms with Gasteiger partial charge in [0, 0.05) is 19.4 Å². The first-order chi connectivity index (χ1) is 7.39. The van der Waals surface area contributed by atoms with E-state index < -0.39 is 12.6 Å². The van der Waals surface area contributed by atoms with Crippen molar-refractivity contribution in [2.45, 2.75) is 38.8 Å². The summed E-state index contributed by atoms with van der Waals surface area (Å²) in [4.78, 5) is 11.2. The van der Waals surface area contributed by atoms with Crippen LogP contribution in [-0.4, -0.2) is 25.2 Å². The van der Waals surface area contributed by atoms with E-state index in [1.165, 1.54) is 0 Å². The van der Waals surface area contributed by atoms with Gasteiger partial charge in [-0.3, -0.25) is 4.79 Å². The second-order valence-corrected chi connectivity index (χ2v) is 3.78. The van der Waals surface area contributed by atoms with E-state index in [1.54, 1.807) is 0 Å². The van der Waals surface area contributed by atoms with Crippen molar-refractivity contribution in [3.63, 3.8) is 0 Å². The summed E-state index contributed by atoms with van der Waals surface area (Å²) in [5.41, 5.74) is 5.41. The average Bonchev–Trinajstić information content (AvgIpc) is 2.19. The standard InChI is InChI=1S/C10H19F3N2O/c1-2-8(7-14)6-9(16)15-5-3-4-10(11,12)13/h8H,2-7,14H2,1H3,(H,15,16). The third kappa shape index (κ3) is 8.52. The van der Waals surface area contributed by atoms with Gasteiger partial charge in [0.2, 0.25) is 5.91 Å². The predicted molar refractivity (Wildman–Crippen MR) is 55.8 cm³/mol. The molecule has 1 unspecified atom stereocenters. The molecule has 3 N–H and O–H groups in total. The van der Waals surface area contributed by atoms with Gasteiger partial charge in [-0.2, -0.15) is 13.2 Å². The van der Waals surface area contributed by atoms with E-state index in [0.717, 1.165) is 6.42 Å². The molecule has 0 radical (unpaired) electrons. The topological polar surface area (TPSA) is 55.1 Å². The smallest absolute Gasteiger partial charge is 0.356 e. The van der Waals surface area contributed by atoms with Crippen molar-refractivity contribution in [3.05, 3.63) is 0 Å². The Balaban J connectivity index is 3.58. The molecule has 0 fully saturated rings. The summed E-state index contributed by atoms with van der Waals surface area (Å²) in [6, 6.07) is 0. The normalized spacial score (nSPS) is 13.6. The van der Waals surface area contributed by atoms with Crippen LogP contribution in [0, 0.1) is 5.92 Å². The molecule has 0 aromatic rings. The molecule has 0 aromatic carbocycles. The summed E-state index contributed by atoms with van der Waals surface area (Å²) in [5.74, 6) is -0.109. The lowest BCUT2D eigenvalue weighted by molar-refractivity contribution is -0.136. The molecule has 3 nitrogen and oxygen atoms in total. The second-order valence-electron chi connectivity index (χ2n) is 3.78. The monoisotopic (exact) mass is 240 g/mol. The van der Waals surface area contributed by atoms with E-state index in [0.29, 0.717) is 13.0 Å². The van der Waals surface area contributed by atoms with E-state index >= 15 is 0 Å². The van der Waals surface area contributed by atoms with Crippen LogP contribution >= 0.6 is 0 Å². The summed E-state index contributed by atoms with van der Waals surface area (Å²) in [6.45, 7) is 2.42. The van der Waals surface area contributed by atoms with E-state index in [4.69, 9.17) is 5.73 Å². The molecule has 0 aliphatic rings. The van der Waals surface area contributed by atoms with Crippen molar-refractivity contribution >= 4 is 5.91 Å². The first-order valence-corrected chi connectivity index (χ1v) is 5.42. The Morgan fingerprint density at radius 3 is 2.50 bits per heavy atom. The number of alkyl halides is 3. The van der Waals surface area contributed by atoms with Crippen molar-refractivity contribution in [1.29, 1.82) is 0 Å². The molecular weight excluding hydrogens is 221 g/mol. The number of halogens is 3. The maximum Gasteiger partial charge on any atom is 0.389 e. The molecule has 0 bridgehead atoms. The summed E-state index contributed by atoms with van der Waals surface area (Å²) >= 11 is 0. The number of carbonyl (C=O) groups excluding carboxylic acids is 1. The molecule has 1 amide bonds. The molecular formula is C10H19F3N2O. The molecule has 0 aliphatic heterocycles. The van der Waals surface area contributed by atoms with Gasteiger partial charge in [0.05, 0.1) is 0 Å². The highest BCUT2D eigenvalue weighted by molar-refractivity contribution is 5.76. The minimum atomic E-state index is -4.14. The van der Waals surface area contributed by atoms with Gasteiger partial charge in [0.1, 0.15) is 0 Å². The minimum Gasteiger partial charge on any atom is -0.356 e. The molecule has 0 rings (SSSR count). The SMILES string of the molecule is CCC(CN)CC(=O)NCCCC(F)(F)F. The van der Waals surface area contributed by atoms with E-state index in [-0.39, 0.29) is 24.8 Å². The van der Waals surface area contributed by atoms with Crippen LogP contribution in [0.2, 0.25) is 0 Å². The molecule has 96 valence electrons. The first kappa shape index (κ1) is 15.2. The third-order valence-electron chi connectivity index (χ3n) is 2.34. The number of carbonyl (C=O) groups is 1. The predicted octanol–water partition coefficient (Wildman–Crippen LogP) is 1.82. The molecule has 0 aliphatic carbocycles. The van der Waals surface area contributed by atoms with Crippen LogP contribution in [0.3, 0.4) is 0 Å². The van der Waals surface area contributed by atoms with Crippen LogP contribution < -0.4 is 11.1 Å². The Morgan fingerprint density at radius 2 is 2.06 bits per heavy atom. The van der Waals surface area contributed by atoms with E-state index in [9.17, 15) is 18.0 Å². The second kappa shape index (κ2) is 7.49. The number of hydrogen-bond acceptors (Lipinski definition) is 2. The van der Waals surface area contributed by atoms with Crippen LogP contribution in [0.5, 0.6) is 0 Å². The Labute approximate surface area is 93.6 Å². The highest BCUT2D eigenvalue weighted by Gasteiger charge is 2.25. The Hall–Kier alpha value is -0.780. The van der Waals surface area contributed by atoms with Crippen LogP contribution in [-0.2, 0) is 4.79 Å². The number of amides is 1. The molecule has 16 heavy (non-hydrogen) atoms. The lowest BCUT2D eigenvalue weighted by Gasteiger charge is -2.12. The van der Waals surface area contributed by atoms with Gasteiger partial charge < -0.3 is 11.1 Å². The van der Waals surface area contributed by atoms with Crippen LogP contribution in [0.25, 0.3) is 0 Å². The van der Waals surface area contributed by atoms with Crippen molar-refractivity contribution in [3.8, 4) is 0 Å². The number of nitrogens with one attached hydrogen (secondary N) is 1. The maximum atomic E-state index is 11.8. The zero-order chi connectivity index (χ0) is 12.6. The molecule has 6 heteroatoms. The van der Waals surface area contributed by atoms with Gasteiger partial charge in [-0.1, -0.05) is 13.3 Å². The van der Waals surface area contributed by atoms with Gasteiger partial charge in [-0.15, -0.1) is 0 Å². The van der Waals surface area contributed by atoms with Crippen LogP contribution in [0.1, 0.15) is 32.6 Å². The average molecular weight is 240 g/mol. The third-order valence-corrected chi connectivity index (χ3v) is 2.34. The zero-order valence-electron chi connectivity index (χ0n) is 9.44. The molecule has 0 saturated heterocycles.